The van der Waals surface area contributed by atoms with E-state index in [1.54, 1.807) is 0 Å². The minimum Gasteiger partial charge on any atom is -0.381 e. The van der Waals surface area contributed by atoms with E-state index < -0.39 is 0 Å². The smallest absolute Gasteiger partial charge is 0.0876 e. The molecule has 1 aliphatic carbocycles. The maximum Gasteiger partial charge on any atom is 0.0876 e. The molecule has 2 atom stereocenters. The van der Waals surface area contributed by atoms with Gasteiger partial charge < -0.3 is 5.32 Å². The van der Waals surface area contributed by atoms with Crippen LogP contribution in [-0.4, -0.2) is 15.8 Å². The molecule has 0 aliphatic heterocycles. The van der Waals surface area contributed by atoms with Crippen molar-refractivity contribution in [3.05, 3.63) is 42.7 Å². The minimum absolute atomic E-state index is 0.594. The van der Waals surface area contributed by atoms with E-state index in [9.17, 15) is 0 Å². The highest BCUT2D eigenvalue weighted by Gasteiger charge is 2.17. The monoisotopic (exact) mass is 269 g/mol. The lowest BCUT2D eigenvalue weighted by atomic mass is 10.0. The van der Waals surface area contributed by atoms with Crippen LogP contribution in [0, 0.1) is 5.92 Å². The van der Waals surface area contributed by atoms with Crippen LogP contribution in [0.25, 0.3) is 5.69 Å². The van der Waals surface area contributed by atoms with Crippen molar-refractivity contribution in [2.45, 2.75) is 45.1 Å². The van der Waals surface area contributed by atoms with Crippen molar-refractivity contribution in [1.29, 1.82) is 0 Å². The molecule has 106 valence electrons. The van der Waals surface area contributed by atoms with Crippen molar-refractivity contribution < 1.29 is 0 Å². The summed E-state index contributed by atoms with van der Waals surface area (Å²) in [6.45, 7) is 2.38. The zero-order chi connectivity index (χ0) is 13.8. The van der Waals surface area contributed by atoms with E-state index in [-0.39, 0.29) is 0 Å². The van der Waals surface area contributed by atoms with Gasteiger partial charge in [-0.15, -0.1) is 0 Å². The maximum atomic E-state index is 4.35. The van der Waals surface area contributed by atoms with Crippen LogP contribution in [0.5, 0.6) is 0 Å². The van der Waals surface area contributed by atoms with Gasteiger partial charge in [-0.05, 0) is 43.4 Å². The first-order valence-electron chi connectivity index (χ1n) is 7.68. The Morgan fingerprint density at radius 2 is 2.00 bits per heavy atom. The number of nitrogens with one attached hydrogen (secondary N) is 1. The van der Waals surface area contributed by atoms with Crippen LogP contribution in [0.4, 0.5) is 5.69 Å². The van der Waals surface area contributed by atoms with Crippen molar-refractivity contribution in [1.82, 2.24) is 9.78 Å². The van der Waals surface area contributed by atoms with Gasteiger partial charge in [-0.1, -0.05) is 31.9 Å². The van der Waals surface area contributed by atoms with Crippen LogP contribution >= 0.6 is 0 Å². The Hall–Kier alpha value is -1.77. The van der Waals surface area contributed by atoms with Gasteiger partial charge in [0.1, 0.15) is 0 Å². The van der Waals surface area contributed by atoms with Crippen LogP contribution < -0.4 is 5.32 Å². The summed E-state index contributed by atoms with van der Waals surface area (Å²) in [7, 11) is 0. The van der Waals surface area contributed by atoms with Crippen molar-refractivity contribution in [3.8, 4) is 5.69 Å². The molecule has 1 aliphatic rings. The largest absolute Gasteiger partial charge is 0.381 e. The summed E-state index contributed by atoms with van der Waals surface area (Å²) < 4.78 is 1.93. The van der Waals surface area contributed by atoms with Crippen molar-refractivity contribution >= 4 is 5.69 Å². The topological polar surface area (TPSA) is 29.9 Å². The normalized spacial score (nSPS) is 23.2. The van der Waals surface area contributed by atoms with Gasteiger partial charge in [-0.25, -0.2) is 4.68 Å². The van der Waals surface area contributed by atoms with Gasteiger partial charge in [-0.2, -0.15) is 5.10 Å². The highest BCUT2D eigenvalue weighted by Crippen LogP contribution is 2.27. The maximum absolute atomic E-state index is 4.35. The van der Waals surface area contributed by atoms with E-state index in [1.165, 1.54) is 37.8 Å². The molecule has 3 nitrogen and oxygen atoms in total. The average Bonchev–Trinajstić information content (AvgIpc) is 2.91. The predicted octanol–water partition coefficient (Wildman–Crippen LogP) is 4.25. The second kappa shape index (κ2) is 6.12. The first kappa shape index (κ1) is 13.2. The van der Waals surface area contributed by atoms with E-state index in [1.807, 2.05) is 23.1 Å². The number of hydrogen-bond acceptors (Lipinski definition) is 2. The predicted molar refractivity (Wildman–Crippen MR) is 83.2 cm³/mol. The lowest BCUT2D eigenvalue weighted by Crippen LogP contribution is -2.19. The molecule has 1 aromatic heterocycles. The lowest BCUT2D eigenvalue weighted by molar-refractivity contribution is 0.502. The summed E-state index contributed by atoms with van der Waals surface area (Å²) in [6, 6.07) is 11.0. The van der Waals surface area contributed by atoms with Gasteiger partial charge in [0.25, 0.3) is 0 Å². The zero-order valence-corrected chi connectivity index (χ0v) is 12.1. The first-order valence-corrected chi connectivity index (χ1v) is 7.68. The van der Waals surface area contributed by atoms with Crippen LogP contribution in [0.3, 0.4) is 0 Å². The molecule has 2 aromatic rings. The quantitative estimate of drug-likeness (QED) is 0.844. The third-order valence-electron chi connectivity index (χ3n) is 4.27. The van der Waals surface area contributed by atoms with Crippen LogP contribution in [0.2, 0.25) is 0 Å². The molecule has 0 amide bonds. The number of aromatic nitrogens is 2. The fourth-order valence-electron chi connectivity index (χ4n) is 3.06. The molecule has 0 radical (unpaired) electrons. The SMILES string of the molecule is CC1CCCC(Nc2ccccc2-n2cccn2)CC1. The number of benzene rings is 1. The summed E-state index contributed by atoms with van der Waals surface area (Å²) in [5.41, 5.74) is 2.32. The van der Waals surface area contributed by atoms with Crippen molar-refractivity contribution in [2.24, 2.45) is 5.92 Å². The fraction of sp³-hybridized carbons (Fsp3) is 0.471. The zero-order valence-electron chi connectivity index (χ0n) is 12.1. The van der Waals surface area contributed by atoms with E-state index in [0.717, 1.165) is 11.6 Å². The Morgan fingerprint density at radius 1 is 1.10 bits per heavy atom. The summed E-state index contributed by atoms with van der Waals surface area (Å²) in [5, 5.41) is 8.08. The number of para-hydroxylation sites is 2. The Labute approximate surface area is 121 Å². The third kappa shape index (κ3) is 3.03. The molecule has 1 saturated carbocycles. The second-order valence-electron chi connectivity index (χ2n) is 5.92. The number of nitrogens with zero attached hydrogens (tertiary/aromatic N) is 2. The molecule has 1 heterocycles. The van der Waals surface area contributed by atoms with Gasteiger partial charge >= 0.3 is 0 Å². The molecule has 1 N–H and O–H groups in total. The minimum atomic E-state index is 0.594. The first-order chi connectivity index (χ1) is 9.83. The average molecular weight is 269 g/mol. The summed E-state index contributed by atoms with van der Waals surface area (Å²) in [5.74, 6) is 0.878. The molecule has 3 heteroatoms. The van der Waals surface area contributed by atoms with E-state index in [2.05, 4.69) is 41.6 Å². The molecule has 2 unspecified atom stereocenters. The summed E-state index contributed by atoms with van der Waals surface area (Å²) >= 11 is 0. The van der Waals surface area contributed by atoms with Crippen LogP contribution in [0.1, 0.15) is 39.0 Å². The number of hydrogen-bond donors (Lipinski definition) is 1. The number of rotatable bonds is 3. The lowest BCUT2D eigenvalue weighted by Gasteiger charge is -2.20. The Balaban J connectivity index is 1.77. The highest BCUT2D eigenvalue weighted by molar-refractivity contribution is 5.61. The Morgan fingerprint density at radius 3 is 2.85 bits per heavy atom. The van der Waals surface area contributed by atoms with E-state index in [0.29, 0.717) is 6.04 Å². The van der Waals surface area contributed by atoms with Gasteiger partial charge in [0.2, 0.25) is 0 Å². The second-order valence-corrected chi connectivity index (χ2v) is 5.92. The molecule has 1 aromatic carbocycles. The summed E-state index contributed by atoms with van der Waals surface area (Å²) in [6.07, 6.45) is 10.4. The molecule has 0 saturated heterocycles. The van der Waals surface area contributed by atoms with Crippen molar-refractivity contribution in [2.75, 3.05) is 5.32 Å². The van der Waals surface area contributed by atoms with Crippen LogP contribution in [-0.2, 0) is 0 Å². The summed E-state index contributed by atoms with van der Waals surface area (Å²) in [4.78, 5) is 0. The van der Waals surface area contributed by atoms with E-state index >= 15 is 0 Å². The Kier molecular flexibility index (Phi) is 4.05. The van der Waals surface area contributed by atoms with E-state index in [4.69, 9.17) is 0 Å². The molecular formula is C17H23N3. The van der Waals surface area contributed by atoms with Crippen molar-refractivity contribution in [3.63, 3.8) is 0 Å². The fourth-order valence-corrected chi connectivity index (χ4v) is 3.06. The molecule has 0 spiro atoms. The third-order valence-corrected chi connectivity index (χ3v) is 4.27. The number of anilines is 1. The molecular weight excluding hydrogens is 246 g/mol. The molecule has 1 fully saturated rings. The van der Waals surface area contributed by atoms with Gasteiger partial charge in [0, 0.05) is 18.4 Å². The van der Waals surface area contributed by atoms with Gasteiger partial charge in [-0.3, -0.25) is 0 Å². The van der Waals surface area contributed by atoms with Gasteiger partial charge in [0.05, 0.1) is 11.4 Å². The molecule has 20 heavy (non-hydrogen) atoms. The standard InChI is InChI=1S/C17H23N3/c1-14-6-4-7-15(11-10-14)19-16-8-2-3-9-17(16)20-13-5-12-18-20/h2-3,5,8-9,12-15,19H,4,6-7,10-11H2,1H3. The van der Waals surface area contributed by atoms with Gasteiger partial charge in [0.15, 0.2) is 0 Å². The van der Waals surface area contributed by atoms with Crippen LogP contribution in [0.15, 0.2) is 42.7 Å². The Bertz CT molecular complexity index is 533. The molecule has 0 bridgehead atoms. The molecule has 3 rings (SSSR count). The highest BCUT2D eigenvalue weighted by atomic mass is 15.3.